The van der Waals surface area contributed by atoms with Crippen molar-refractivity contribution in [1.82, 2.24) is 20.6 Å². The van der Waals surface area contributed by atoms with Gasteiger partial charge in [-0.2, -0.15) is 0 Å². The number of hydrogen-bond acceptors (Lipinski definition) is 6. The largest absolute Gasteiger partial charge is 0.496 e. The SMILES string of the molecule is COc1cc2ncnc(Nc3cccc(Cl)c3F)c2cc1CN[C@H](C)C(=O)NC(C)C. The molecule has 0 spiro atoms. The fourth-order valence-electron chi connectivity index (χ4n) is 3.05. The Kier molecular flexibility index (Phi) is 7.25. The Balaban J connectivity index is 1.91. The monoisotopic (exact) mass is 445 g/mol. The van der Waals surface area contributed by atoms with Crippen molar-refractivity contribution in [3.63, 3.8) is 0 Å². The molecule has 0 saturated heterocycles. The van der Waals surface area contributed by atoms with Gasteiger partial charge in [0.05, 0.1) is 29.4 Å². The van der Waals surface area contributed by atoms with Crippen LogP contribution in [0.4, 0.5) is 15.9 Å². The van der Waals surface area contributed by atoms with Gasteiger partial charge in [-0.05, 0) is 39.0 Å². The van der Waals surface area contributed by atoms with Gasteiger partial charge in [0.2, 0.25) is 5.91 Å². The Labute approximate surface area is 185 Å². The van der Waals surface area contributed by atoms with Crippen molar-refractivity contribution < 1.29 is 13.9 Å². The fourth-order valence-corrected chi connectivity index (χ4v) is 3.22. The number of carbonyl (C=O) groups is 1. The third-order valence-electron chi connectivity index (χ3n) is 4.67. The maximum Gasteiger partial charge on any atom is 0.237 e. The molecule has 0 bridgehead atoms. The lowest BCUT2D eigenvalue weighted by molar-refractivity contribution is -0.123. The summed E-state index contributed by atoms with van der Waals surface area (Å²) in [5, 5.41) is 9.76. The number of nitrogens with zero attached hydrogens (tertiary/aromatic N) is 2. The van der Waals surface area contributed by atoms with Gasteiger partial charge in [0, 0.05) is 29.6 Å². The van der Waals surface area contributed by atoms with Crippen molar-refractivity contribution >= 4 is 39.9 Å². The lowest BCUT2D eigenvalue weighted by atomic mass is 10.1. The molecule has 0 unspecified atom stereocenters. The smallest absolute Gasteiger partial charge is 0.237 e. The van der Waals surface area contributed by atoms with Gasteiger partial charge in [0.15, 0.2) is 5.82 Å². The molecule has 3 N–H and O–H groups in total. The van der Waals surface area contributed by atoms with E-state index in [2.05, 4.69) is 25.9 Å². The summed E-state index contributed by atoms with van der Waals surface area (Å²) in [4.78, 5) is 20.7. The molecule has 9 heteroatoms. The number of methoxy groups -OCH3 is 1. The highest BCUT2D eigenvalue weighted by molar-refractivity contribution is 6.31. The van der Waals surface area contributed by atoms with Crippen molar-refractivity contribution in [2.24, 2.45) is 0 Å². The molecule has 31 heavy (non-hydrogen) atoms. The van der Waals surface area contributed by atoms with Crippen LogP contribution in [0, 0.1) is 5.82 Å². The van der Waals surface area contributed by atoms with Crippen LogP contribution in [0.15, 0.2) is 36.7 Å². The molecule has 164 valence electrons. The van der Waals surface area contributed by atoms with Gasteiger partial charge >= 0.3 is 0 Å². The average molecular weight is 446 g/mol. The lowest BCUT2D eigenvalue weighted by Crippen LogP contribution is -2.44. The molecule has 1 heterocycles. The van der Waals surface area contributed by atoms with Gasteiger partial charge in [0.1, 0.15) is 17.9 Å². The molecule has 3 aromatic rings. The zero-order valence-corrected chi connectivity index (χ0v) is 18.5. The van der Waals surface area contributed by atoms with E-state index in [1.54, 1.807) is 32.2 Å². The van der Waals surface area contributed by atoms with Crippen molar-refractivity contribution in [1.29, 1.82) is 0 Å². The Morgan fingerprint density at radius 2 is 2.00 bits per heavy atom. The first-order valence-electron chi connectivity index (χ1n) is 9.86. The van der Waals surface area contributed by atoms with E-state index in [4.69, 9.17) is 16.3 Å². The van der Waals surface area contributed by atoms with Crippen molar-refractivity contribution in [2.45, 2.75) is 39.4 Å². The summed E-state index contributed by atoms with van der Waals surface area (Å²) < 4.78 is 19.9. The van der Waals surface area contributed by atoms with Gasteiger partial charge in [-0.1, -0.05) is 17.7 Å². The Bertz CT molecular complexity index is 1090. The number of fused-ring (bicyclic) bond motifs is 1. The van der Waals surface area contributed by atoms with Crippen molar-refractivity contribution in [3.8, 4) is 5.75 Å². The lowest BCUT2D eigenvalue weighted by Gasteiger charge is -2.18. The number of benzene rings is 2. The summed E-state index contributed by atoms with van der Waals surface area (Å²) in [6.07, 6.45) is 1.39. The Morgan fingerprint density at radius 3 is 2.71 bits per heavy atom. The van der Waals surface area contributed by atoms with Crippen LogP contribution in [0.25, 0.3) is 10.9 Å². The van der Waals surface area contributed by atoms with Gasteiger partial charge < -0.3 is 20.7 Å². The fraction of sp³-hybridized carbons (Fsp3) is 0.318. The van der Waals surface area contributed by atoms with E-state index in [9.17, 15) is 9.18 Å². The van der Waals surface area contributed by atoms with E-state index >= 15 is 0 Å². The van der Waals surface area contributed by atoms with E-state index < -0.39 is 11.9 Å². The molecule has 1 amide bonds. The summed E-state index contributed by atoms with van der Waals surface area (Å²) in [6, 6.07) is 8.02. The summed E-state index contributed by atoms with van der Waals surface area (Å²) >= 11 is 5.89. The van der Waals surface area contributed by atoms with Crippen LogP contribution in [0.1, 0.15) is 26.3 Å². The summed E-state index contributed by atoms with van der Waals surface area (Å²) in [5.74, 6) is 0.406. The molecule has 1 atom stereocenters. The van der Waals surface area contributed by atoms with Crippen LogP contribution >= 0.6 is 11.6 Å². The molecule has 0 saturated carbocycles. The van der Waals surface area contributed by atoms with Crippen LogP contribution in [0.2, 0.25) is 5.02 Å². The molecule has 3 rings (SSSR count). The number of anilines is 2. The van der Waals surface area contributed by atoms with Gasteiger partial charge in [-0.3, -0.25) is 4.79 Å². The number of halogens is 2. The molecule has 0 fully saturated rings. The molecule has 1 aromatic heterocycles. The third-order valence-corrected chi connectivity index (χ3v) is 4.96. The number of nitrogens with one attached hydrogen (secondary N) is 3. The quantitative estimate of drug-likeness (QED) is 0.482. The van der Waals surface area contributed by atoms with Crippen LogP contribution in [0.5, 0.6) is 5.75 Å². The molecule has 7 nitrogen and oxygen atoms in total. The zero-order chi connectivity index (χ0) is 22.5. The summed E-state index contributed by atoms with van der Waals surface area (Å²) in [6.45, 7) is 6.00. The Hall–Kier alpha value is -2.97. The molecular formula is C22H25ClFN5O2. The average Bonchev–Trinajstić information content (AvgIpc) is 2.74. The van der Waals surface area contributed by atoms with Crippen LogP contribution in [-0.4, -0.2) is 35.1 Å². The molecule has 0 radical (unpaired) electrons. The van der Waals surface area contributed by atoms with Gasteiger partial charge in [0.25, 0.3) is 0 Å². The van der Waals surface area contributed by atoms with Crippen LogP contribution in [0.3, 0.4) is 0 Å². The van der Waals surface area contributed by atoms with E-state index in [-0.39, 0.29) is 22.7 Å². The van der Waals surface area contributed by atoms with Crippen molar-refractivity contribution in [2.75, 3.05) is 12.4 Å². The van der Waals surface area contributed by atoms with Crippen LogP contribution in [-0.2, 0) is 11.3 Å². The van der Waals surface area contributed by atoms with E-state index in [0.29, 0.717) is 29.0 Å². The molecule has 0 aliphatic heterocycles. The summed E-state index contributed by atoms with van der Waals surface area (Å²) in [7, 11) is 1.57. The second kappa shape index (κ2) is 9.89. The molecule has 0 aliphatic rings. The maximum absolute atomic E-state index is 14.4. The highest BCUT2D eigenvalue weighted by atomic mass is 35.5. The highest BCUT2D eigenvalue weighted by Crippen LogP contribution is 2.31. The number of aromatic nitrogens is 2. The number of ether oxygens (including phenoxy) is 1. The first kappa shape index (κ1) is 22.7. The minimum atomic E-state index is -0.559. The second-order valence-corrected chi connectivity index (χ2v) is 7.80. The predicted molar refractivity (Wildman–Crippen MR) is 120 cm³/mol. The van der Waals surface area contributed by atoms with E-state index in [0.717, 1.165) is 5.56 Å². The highest BCUT2D eigenvalue weighted by Gasteiger charge is 2.16. The number of carbonyl (C=O) groups excluding carboxylic acids is 1. The first-order valence-corrected chi connectivity index (χ1v) is 10.2. The van der Waals surface area contributed by atoms with E-state index in [1.165, 1.54) is 12.4 Å². The van der Waals surface area contributed by atoms with Crippen molar-refractivity contribution in [3.05, 3.63) is 53.1 Å². The Morgan fingerprint density at radius 1 is 1.23 bits per heavy atom. The maximum atomic E-state index is 14.4. The number of amides is 1. The van der Waals surface area contributed by atoms with Gasteiger partial charge in [-0.15, -0.1) is 0 Å². The number of rotatable bonds is 8. The zero-order valence-electron chi connectivity index (χ0n) is 17.8. The summed E-state index contributed by atoms with van der Waals surface area (Å²) in [5.41, 5.74) is 1.65. The minimum absolute atomic E-state index is 0.0172. The standard InChI is InChI=1S/C22H25ClFN5O2/c1-12(2)28-22(30)13(3)25-10-14-8-15-18(9-19(14)31-4)26-11-27-21(15)29-17-7-5-6-16(23)20(17)24/h5-9,11-13,25H,10H2,1-4H3,(H,28,30)(H,26,27,29)/t13-/m1/s1. The van der Waals surface area contributed by atoms with Crippen LogP contribution < -0.4 is 20.7 Å². The minimum Gasteiger partial charge on any atom is -0.496 e. The normalized spacial score (nSPS) is 12.1. The predicted octanol–water partition coefficient (Wildman–Crippen LogP) is 4.18. The molecular weight excluding hydrogens is 421 g/mol. The second-order valence-electron chi connectivity index (χ2n) is 7.40. The first-order chi connectivity index (χ1) is 14.8. The molecule has 2 aromatic carbocycles. The van der Waals surface area contributed by atoms with Gasteiger partial charge in [-0.25, -0.2) is 14.4 Å². The topological polar surface area (TPSA) is 88.2 Å². The van der Waals surface area contributed by atoms with E-state index in [1.807, 2.05) is 19.9 Å². The molecule has 0 aliphatic carbocycles. The number of hydrogen-bond donors (Lipinski definition) is 3. The third kappa shape index (κ3) is 5.39.